The van der Waals surface area contributed by atoms with Gasteiger partial charge in [0.05, 0.1) is 6.61 Å². The van der Waals surface area contributed by atoms with Gasteiger partial charge >= 0.3 is 11.9 Å². The number of nitrogens with zero attached hydrogens (tertiary/aromatic N) is 2. The molecule has 1 heterocycles. The summed E-state index contributed by atoms with van der Waals surface area (Å²) in [6, 6.07) is 0. The molecule has 0 spiro atoms. The quantitative estimate of drug-likeness (QED) is 0.215. The highest BCUT2D eigenvalue weighted by Crippen LogP contribution is 2.50. The van der Waals surface area contributed by atoms with Crippen LogP contribution in [0.1, 0.15) is 84.9 Å². The van der Waals surface area contributed by atoms with Gasteiger partial charge in [0, 0.05) is 19.5 Å². The minimum atomic E-state index is -3.46. The van der Waals surface area contributed by atoms with E-state index in [-0.39, 0.29) is 25.3 Å². The molecule has 0 N–H and O–H groups in total. The number of esters is 1. The largest absolute Gasteiger partial charge is 0.459 e. The van der Waals surface area contributed by atoms with Crippen LogP contribution in [0.4, 0.5) is 8.78 Å². The van der Waals surface area contributed by atoms with E-state index in [1.807, 2.05) is 0 Å². The topological polar surface area (TPSA) is 91.5 Å². The van der Waals surface area contributed by atoms with Crippen LogP contribution in [-0.2, 0) is 31.0 Å². The van der Waals surface area contributed by atoms with Gasteiger partial charge < -0.3 is 13.8 Å². The van der Waals surface area contributed by atoms with Gasteiger partial charge in [-0.25, -0.2) is 0 Å². The molecule has 0 saturated carbocycles. The van der Waals surface area contributed by atoms with Crippen molar-refractivity contribution in [2.75, 3.05) is 13.3 Å². The van der Waals surface area contributed by atoms with Gasteiger partial charge in [-0.2, -0.15) is 13.8 Å². The fourth-order valence-electron chi connectivity index (χ4n) is 2.87. The van der Waals surface area contributed by atoms with Crippen molar-refractivity contribution in [3.05, 3.63) is 11.7 Å². The monoisotopic (exact) mass is 452 g/mol. The smallest absolute Gasteiger partial charge is 0.319 e. The van der Waals surface area contributed by atoms with Crippen molar-refractivity contribution in [1.29, 1.82) is 0 Å². The number of carbonyl (C=O) groups is 1. The van der Waals surface area contributed by atoms with E-state index < -0.39 is 36.3 Å². The molecule has 30 heavy (non-hydrogen) atoms. The van der Waals surface area contributed by atoms with Crippen molar-refractivity contribution in [3.63, 3.8) is 0 Å². The number of carbonyl (C=O) groups excluding carboxylic acids is 1. The summed E-state index contributed by atoms with van der Waals surface area (Å²) < 4.78 is 57.3. The molecule has 0 fully saturated rings. The maximum Gasteiger partial charge on any atom is 0.319 e. The maximum atomic E-state index is 14.4. The molecule has 174 valence electrons. The molecular weight excluding hydrogens is 417 g/mol. The third-order valence-corrected chi connectivity index (χ3v) is 6.68. The van der Waals surface area contributed by atoms with Crippen LogP contribution in [0, 0.1) is 0 Å². The lowest BCUT2D eigenvalue weighted by atomic mass is 10.1. The Balaban J connectivity index is 2.92. The summed E-state index contributed by atoms with van der Waals surface area (Å²) in [5.74, 6) is -4.92. The Kier molecular flexibility index (Phi) is 10.1. The van der Waals surface area contributed by atoms with Gasteiger partial charge in [-0.05, 0) is 34.1 Å². The zero-order valence-electron chi connectivity index (χ0n) is 18.9. The van der Waals surface area contributed by atoms with Crippen LogP contribution in [0.25, 0.3) is 0 Å². The molecule has 2 atom stereocenters. The van der Waals surface area contributed by atoms with Crippen LogP contribution in [0.5, 0.6) is 0 Å². The van der Waals surface area contributed by atoms with E-state index in [1.165, 1.54) is 6.66 Å². The lowest BCUT2D eigenvalue weighted by Crippen LogP contribution is -2.33. The molecule has 0 bridgehead atoms. The van der Waals surface area contributed by atoms with Crippen molar-refractivity contribution in [2.45, 2.75) is 96.7 Å². The van der Waals surface area contributed by atoms with Crippen molar-refractivity contribution in [2.24, 2.45) is 0 Å². The first-order chi connectivity index (χ1) is 13.8. The summed E-state index contributed by atoms with van der Waals surface area (Å²) in [5, 5.41) is 3.40. The van der Waals surface area contributed by atoms with Crippen LogP contribution in [-0.4, -0.2) is 40.6 Å². The molecule has 0 aliphatic carbocycles. The number of unbranched alkanes of at least 4 members (excludes halogenated alkanes) is 4. The molecule has 0 radical (unpaired) electrons. The molecule has 1 aromatic heterocycles. The fourth-order valence-corrected chi connectivity index (χ4v) is 4.49. The van der Waals surface area contributed by atoms with Gasteiger partial charge in [0.2, 0.25) is 19.1 Å². The Morgan fingerprint density at radius 3 is 2.37 bits per heavy atom. The van der Waals surface area contributed by atoms with Gasteiger partial charge in [-0.15, -0.1) is 0 Å². The highest BCUT2D eigenvalue weighted by Gasteiger charge is 2.42. The second kappa shape index (κ2) is 11.3. The van der Waals surface area contributed by atoms with Crippen molar-refractivity contribution in [1.82, 2.24) is 10.1 Å². The van der Waals surface area contributed by atoms with Crippen LogP contribution in [0.15, 0.2) is 4.52 Å². The summed E-state index contributed by atoms with van der Waals surface area (Å²) in [4.78, 5) is 16.4. The van der Waals surface area contributed by atoms with Gasteiger partial charge in [-0.3, -0.25) is 9.36 Å². The van der Waals surface area contributed by atoms with E-state index >= 15 is 0 Å². The average Bonchev–Trinajstić information content (AvgIpc) is 3.07. The first-order valence-electron chi connectivity index (χ1n) is 10.5. The highest BCUT2D eigenvalue weighted by atomic mass is 31.2. The average molecular weight is 452 g/mol. The molecule has 0 aliphatic rings. The predicted octanol–water partition coefficient (Wildman–Crippen LogP) is 5.72. The molecule has 0 amide bonds. The van der Waals surface area contributed by atoms with Gasteiger partial charge in [0.15, 0.2) is 0 Å². The zero-order valence-corrected chi connectivity index (χ0v) is 19.8. The maximum absolute atomic E-state index is 14.4. The first-order valence-corrected chi connectivity index (χ1v) is 12.6. The van der Waals surface area contributed by atoms with Crippen molar-refractivity contribution < 1.29 is 31.9 Å². The van der Waals surface area contributed by atoms with Crippen LogP contribution < -0.4 is 0 Å². The first kappa shape index (κ1) is 26.7. The van der Waals surface area contributed by atoms with E-state index in [0.717, 1.165) is 19.3 Å². The Hall–Kier alpha value is -1.34. The van der Waals surface area contributed by atoms with E-state index in [1.54, 1.807) is 27.7 Å². The molecule has 0 aliphatic heterocycles. The number of halogens is 2. The lowest BCUT2D eigenvalue weighted by Gasteiger charge is -2.26. The summed E-state index contributed by atoms with van der Waals surface area (Å²) in [7, 11) is -3.46. The predicted molar refractivity (Wildman–Crippen MR) is 110 cm³/mol. The van der Waals surface area contributed by atoms with E-state index in [2.05, 4.69) is 17.1 Å². The van der Waals surface area contributed by atoms with Gasteiger partial charge in [0.1, 0.15) is 11.3 Å². The second-order valence-corrected chi connectivity index (χ2v) is 11.2. The molecule has 0 saturated heterocycles. The summed E-state index contributed by atoms with van der Waals surface area (Å²) >= 11 is 0. The second-order valence-electron chi connectivity index (χ2n) is 8.46. The number of aromatic nitrogens is 2. The summed E-state index contributed by atoms with van der Waals surface area (Å²) in [6.45, 7) is 10.2. The van der Waals surface area contributed by atoms with E-state index in [0.29, 0.717) is 12.8 Å². The molecule has 1 rings (SSSR count). The fraction of sp³-hybridized carbons (Fsp3) is 0.850. The standard InChI is InChI=1S/C20H35F2N2O5P/c1-7-9-10-11-12-13-20(21,22)18-23-16(29-24-18)14-15(30(6,26)27-8-2)17(25)28-19(3,4)5/h15H,7-14H2,1-6H3. The Labute approximate surface area is 177 Å². The minimum absolute atomic E-state index is 0.123. The molecule has 7 nitrogen and oxygen atoms in total. The SMILES string of the molecule is CCCCCCCC(F)(F)c1noc(CC(C(=O)OC(C)(C)C)P(C)(=O)OCC)n1. The third-order valence-electron chi connectivity index (χ3n) is 4.39. The molecule has 10 heteroatoms. The highest BCUT2D eigenvalue weighted by molar-refractivity contribution is 7.60. The van der Waals surface area contributed by atoms with E-state index in [4.69, 9.17) is 13.8 Å². The Morgan fingerprint density at radius 1 is 1.17 bits per heavy atom. The minimum Gasteiger partial charge on any atom is -0.459 e. The number of ether oxygens (including phenoxy) is 1. The number of alkyl halides is 2. The van der Waals surface area contributed by atoms with Gasteiger partial charge in [0.25, 0.3) is 0 Å². The number of hydrogen-bond donors (Lipinski definition) is 0. The summed E-state index contributed by atoms with van der Waals surface area (Å²) in [5.41, 5.74) is -2.04. The normalized spacial score (nSPS) is 15.6. The third kappa shape index (κ3) is 8.80. The van der Waals surface area contributed by atoms with Crippen molar-refractivity contribution in [3.8, 4) is 0 Å². The zero-order chi connectivity index (χ0) is 23.0. The number of hydrogen-bond acceptors (Lipinski definition) is 7. The molecule has 0 aromatic carbocycles. The van der Waals surface area contributed by atoms with E-state index in [9.17, 15) is 18.1 Å². The Bertz CT molecular complexity index is 718. The lowest BCUT2D eigenvalue weighted by molar-refractivity contribution is -0.154. The number of rotatable bonds is 13. The summed E-state index contributed by atoms with van der Waals surface area (Å²) in [6.07, 6.45) is 3.34. The van der Waals surface area contributed by atoms with Crippen LogP contribution in [0.3, 0.4) is 0 Å². The van der Waals surface area contributed by atoms with Gasteiger partial charge in [-0.1, -0.05) is 37.8 Å². The Morgan fingerprint density at radius 2 is 1.80 bits per heavy atom. The molecule has 1 aromatic rings. The van der Waals surface area contributed by atoms with Crippen LogP contribution >= 0.6 is 7.37 Å². The molecular formula is C20H35F2N2O5P. The van der Waals surface area contributed by atoms with Crippen molar-refractivity contribution >= 4 is 13.3 Å². The molecule has 2 unspecified atom stereocenters. The van der Waals surface area contributed by atoms with Crippen LogP contribution in [0.2, 0.25) is 0 Å².